The van der Waals surface area contributed by atoms with Gasteiger partial charge in [0.25, 0.3) is 0 Å². The van der Waals surface area contributed by atoms with Gasteiger partial charge in [0.1, 0.15) is 0 Å². The molecule has 7 heteroatoms. The third-order valence-corrected chi connectivity index (χ3v) is 5.39. The van der Waals surface area contributed by atoms with Crippen LogP contribution in [0.1, 0.15) is 48.9 Å². The van der Waals surface area contributed by atoms with E-state index in [1.165, 1.54) is 6.42 Å². The second kappa shape index (κ2) is 8.66. The second-order valence-corrected chi connectivity index (χ2v) is 7.17. The summed E-state index contributed by atoms with van der Waals surface area (Å²) in [6.45, 7) is 0. The van der Waals surface area contributed by atoms with Gasteiger partial charge in [0.05, 0.1) is 18.6 Å². The van der Waals surface area contributed by atoms with Gasteiger partial charge >= 0.3 is 0 Å². The Bertz CT molecular complexity index is 728. The Morgan fingerprint density at radius 3 is 2.69 bits per heavy atom. The molecule has 0 bridgehead atoms. The van der Waals surface area contributed by atoms with Gasteiger partial charge in [0.2, 0.25) is 5.91 Å². The average Bonchev–Trinajstić information content (AvgIpc) is 3.06. The van der Waals surface area contributed by atoms with E-state index in [4.69, 9.17) is 21.5 Å². The topological polar surface area (TPSA) is 76.4 Å². The molecule has 0 radical (unpaired) electrons. The van der Waals surface area contributed by atoms with Crippen LogP contribution in [0.3, 0.4) is 0 Å². The lowest BCUT2D eigenvalue weighted by Crippen LogP contribution is -2.33. The van der Waals surface area contributed by atoms with Gasteiger partial charge in [-0.3, -0.25) is 14.7 Å². The van der Waals surface area contributed by atoms with Gasteiger partial charge in [-0.05, 0) is 49.4 Å². The lowest BCUT2D eigenvalue weighted by atomic mass is 9.87. The third kappa shape index (κ3) is 4.26. The van der Waals surface area contributed by atoms with Crippen LogP contribution in [-0.4, -0.2) is 34.1 Å². The number of benzene rings is 1. The Kier molecular flexibility index (Phi) is 6.29. The van der Waals surface area contributed by atoms with Crippen molar-refractivity contribution in [1.29, 1.82) is 0 Å². The Morgan fingerprint density at radius 1 is 1.38 bits per heavy atom. The standard InChI is InChI=1S/C19H24ClN3O3/c1-26-18(12-19(24)22-25)16(11-13-5-7-14(20)8-6-13)17-9-10-21-23(17)15-3-2-4-15/h5-10,15-16,18,25H,2-4,11-12H2,1H3,(H,22,24). The molecule has 2 unspecified atom stereocenters. The van der Waals surface area contributed by atoms with Gasteiger partial charge in [0.15, 0.2) is 0 Å². The van der Waals surface area contributed by atoms with E-state index in [0.29, 0.717) is 17.5 Å². The van der Waals surface area contributed by atoms with Crippen LogP contribution >= 0.6 is 11.6 Å². The molecule has 1 aromatic heterocycles. The van der Waals surface area contributed by atoms with Gasteiger partial charge in [-0.25, -0.2) is 5.48 Å². The Labute approximate surface area is 158 Å². The van der Waals surface area contributed by atoms with Gasteiger partial charge in [-0.2, -0.15) is 5.10 Å². The maximum Gasteiger partial charge on any atom is 0.245 e. The van der Waals surface area contributed by atoms with E-state index in [-0.39, 0.29) is 18.4 Å². The molecule has 1 saturated carbocycles. The molecule has 6 nitrogen and oxygen atoms in total. The highest BCUT2D eigenvalue weighted by atomic mass is 35.5. The van der Waals surface area contributed by atoms with Crippen molar-refractivity contribution in [3.05, 3.63) is 52.8 Å². The Balaban J connectivity index is 1.90. The molecule has 1 aliphatic carbocycles. The molecular weight excluding hydrogens is 354 g/mol. The molecule has 1 aromatic carbocycles. The van der Waals surface area contributed by atoms with Crippen LogP contribution in [0, 0.1) is 0 Å². The van der Waals surface area contributed by atoms with E-state index in [2.05, 4.69) is 9.78 Å². The minimum Gasteiger partial charge on any atom is -0.380 e. The van der Waals surface area contributed by atoms with Gasteiger partial charge in [-0.1, -0.05) is 23.7 Å². The molecule has 140 valence electrons. The van der Waals surface area contributed by atoms with Gasteiger partial charge in [-0.15, -0.1) is 0 Å². The third-order valence-electron chi connectivity index (χ3n) is 5.13. The van der Waals surface area contributed by atoms with Crippen LogP contribution in [0.2, 0.25) is 5.02 Å². The molecule has 0 saturated heterocycles. The highest BCUT2D eigenvalue weighted by Crippen LogP contribution is 2.36. The summed E-state index contributed by atoms with van der Waals surface area (Å²) in [6, 6.07) is 10.1. The number of amides is 1. The minimum atomic E-state index is -0.465. The van der Waals surface area contributed by atoms with Crippen LogP contribution < -0.4 is 5.48 Å². The quantitative estimate of drug-likeness (QED) is 0.545. The molecule has 1 fully saturated rings. The molecule has 2 aromatic rings. The summed E-state index contributed by atoms with van der Waals surface area (Å²) >= 11 is 6.00. The number of carbonyl (C=O) groups excluding carboxylic acids is 1. The van der Waals surface area contributed by atoms with E-state index in [1.807, 2.05) is 30.3 Å². The van der Waals surface area contributed by atoms with Gasteiger partial charge < -0.3 is 4.74 Å². The first-order chi connectivity index (χ1) is 12.6. The molecular formula is C19H24ClN3O3. The smallest absolute Gasteiger partial charge is 0.245 e. The fourth-order valence-electron chi connectivity index (χ4n) is 3.47. The zero-order valence-electron chi connectivity index (χ0n) is 14.8. The normalized spacial score (nSPS) is 16.7. The van der Waals surface area contributed by atoms with Crippen molar-refractivity contribution in [3.8, 4) is 0 Å². The summed E-state index contributed by atoms with van der Waals surface area (Å²) in [5.41, 5.74) is 3.86. The number of ether oxygens (including phenoxy) is 1. The summed E-state index contributed by atoms with van der Waals surface area (Å²) < 4.78 is 7.73. The monoisotopic (exact) mass is 377 g/mol. The zero-order valence-corrected chi connectivity index (χ0v) is 15.5. The highest BCUT2D eigenvalue weighted by Gasteiger charge is 2.31. The number of hydrogen-bond donors (Lipinski definition) is 2. The number of rotatable bonds is 8. The summed E-state index contributed by atoms with van der Waals surface area (Å²) in [6.07, 6.45) is 5.64. The van der Waals surface area contributed by atoms with Crippen molar-refractivity contribution in [2.45, 2.75) is 50.2 Å². The predicted octanol–water partition coefficient (Wildman–Crippen LogP) is 3.50. The Hall–Kier alpha value is -1.89. The maximum absolute atomic E-state index is 11.8. The second-order valence-electron chi connectivity index (χ2n) is 6.74. The van der Waals surface area contributed by atoms with Crippen LogP contribution in [0.5, 0.6) is 0 Å². The predicted molar refractivity (Wildman–Crippen MR) is 98.4 cm³/mol. The van der Waals surface area contributed by atoms with Crippen LogP contribution in [0.15, 0.2) is 36.5 Å². The number of aromatic nitrogens is 2. The van der Waals surface area contributed by atoms with Gasteiger partial charge in [0, 0.05) is 29.9 Å². The number of halogens is 1. The first-order valence-electron chi connectivity index (χ1n) is 8.86. The zero-order chi connectivity index (χ0) is 18.5. The first kappa shape index (κ1) is 18.9. The first-order valence-corrected chi connectivity index (χ1v) is 9.23. The fraction of sp³-hybridized carbons (Fsp3) is 0.474. The molecule has 2 atom stereocenters. The summed E-state index contributed by atoms with van der Waals surface area (Å²) in [5, 5.41) is 14.1. The molecule has 1 heterocycles. The molecule has 1 amide bonds. The lowest BCUT2D eigenvalue weighted by Gasteiger charge is -2.32. The van der Waals surface area contributed by atoms with Crippen LogP contribution in [0.25, 0.3) is 0 Å². The maximum atomic E-state index is 11.8. The number of nitrogens with one attached hydrogen (secondary N) is 1. The molecule has 0 aliphatic heterocycles. The molecule has 1 aliphatic rings. The number of nitrogens with zero attached hydrogens (tertiary/aromatic N) is 2. The molecule has 0 spiro atoms. The van der Waals surface area contributed by atoms with Crippen molar-refractivity contribution in [3.63, 3.8) is 0 Å². The minimum absolute atomic E-state index is 0.0680. The fourth-order valence-corrected chi connectivity index (χ4v) is 3.60. The largest absolute Gasteiger partial charge is 0.380 e. The van der Waals surface area contributed by atoms with Crippen molar-refractivity contribution in [1.82, 2.24) is 15.3 Å². The molecule has 26 heavy (non-hydrogen) atoms. The average molecular weight is 378 g/mol. The number of hydroxylamine groups is 1. The summed E-state index contributed by atoms with van der Waals surface area (Å²) in [5.74, 6) is -0.533. The van der Waals surface area contributed by atoms with Crippen molar-refractivity contribution in [2.75, 3.05) is 7.11 Å². The lowest BCUT2D eigenvalue weighted by molar-refractivity contribution is -0.132. The van der Waals surface area contributed by atoms with E-state index in [0.717, 1.165) is 24.1 Å². The van der Waals surface area contributed by atoms with Crippen molar-refractivity contribution < 1.29 is 14.7 Å². The van der Waals surface area contributed by atoms with Crippen molar-refractivity contribution >= 4 is 17.5 Å². The number of carbonyl (C=O) groups is 1. The van der Waals surface area contributed by atoms with E-state index < -0.39 is 5.91 Å². The molecule has 3 rings (SSSR count). The van der Waals surface area contributed by atoms with Crippen LogP contribution in [-0.2, 0) is 16.0 Å². The van der Waals surface area contributed by atoms with E-state index >= 15 is 0 Å². The highest BCUT2D eigenvalue weighted by molar-refractivity contribution is 6.30. The van der Waals surface area contributed by atoms with E-state index in [1.54, 1.807) is 18.8 Å². The number of methoxy groups -OCH3 is 1. The number of hydrogen-bond acceptors (Lipinski definition) is 4. The van der Waals surface area contributed by atoms with Crippen molar-refractivity contribution in [2.24, 2.45) is 0 Å². The SMILES string of the molecule is COC(CC(=O)NO)C(Cc1ccc(Cl)cc1)c1ccnn1C1CCC1. The summed E-state index contributed by atoms with van der Waals surface area (Å²) in [4.78, 5) is 11.8. The summed E-state index contributed by atoms with van der Waals surface area (Å²) in [7, 11) is 1.59. The van der Waals surface area contributed by atoms with Crippen LogP contribution in [0.4, 0.5) is 0 Å². The Morgan fingerprint density at radius 2 is 2.12 bits per heavy atom. The van der Waals surface area contributed by atoms with E-state index in [9.17, 15) is 4.79 Å². The molecule has 2 N–H and O–H groups in total.